The summed E-state index contributed by atoms with van der Waals surface area (Å²) in [6, 6.07) is 9.93. The molecule has 0 aliphatic heterocycles. The first-order valence-electron chi connectivity index (χ1n) is 8.77. The van der Waals surface area contributed by atoms with Crippen molar-refractivity contribution in [3.8, 4) is 0 Å². The van der Waals surface area contributed by atoms with E-state index in [1.165, 1.54) is 49.7 Å². The molecule has 1 aliphatic rings. The van der Waals surface area contributed by atoms with E-state index in [1.807, 2.05) is 0 Å². The van der Waals surface area contributed by atoms with Crippen LogP contribution in [0.4, 0.5) is 0 Å². The zero-order valence-corrected chi connectivity index (χ0v) is 14.6. The van der Waals surface area contributed by atoms with E-state index in [2.05, 4.69) is 64.3 Å². The first-order chi connectivity index (χ1) is 9.99. The fourth-order valence-electron chi connectivity index (χ4n) is 4.08. The van der Waals surface area contributed by atoms with E-state index >= 15 is 0 Å². The standard InChI is InChI=1S/C20H33N/c1-6-19(3,4)17-12-10-16(11-13-17)18(21-5)20(7-2)14-8-9-15-20/h10-13,18,21H,6-9,14-15H2,1-5H3. The summed E-state index contributed by atoms with van der Waals surface area (Å²) in [7, 11) is 2.13. The first kappa shape index (κ1) is 16.5. The summed E-state index contributed by atoms with van der Waals surface area (Å²) in [5, 5.41) is 3.62. The lowest BCUT2D eigenvalue weighted by molar-refractivity contribution is 0.195. The Kier molecular flexibility index (Phi) is 5.14. The van der Waals surface area contributed by atoms with Gasteiger partial charge in [-0.15, -0.1) is 0 Å². The van der Waals surface area contributed by atoms with Crippen molar-refractivity contribution in [2.75, 3.05) is 7.05 Å². The molecule has 0 saturated heterocycles. The number of hydrogen-bond donors (Lipinski definition) is 1. The summed E-state index contributed by atoms with van der Waals surface area (Å²) in [4.78, 5) is 0. The quantitative estimate of drug-likeness (QED) is 0.717. The van der Waals surface area contributed by atoms with E-state index in [0.29, 0.717) is 11.5 Å². The van der Waals surface area contributed by atoms with Crippen molar-refractivity contribution in [2.24, 2.45) is 5.41 Å². The third-order valence-corrected chi connectivity index (χ3v) is 6.11. The molecule has 1 nitrogen and oxygen atoms in total. The maximum Gasteiger partial charge on any atom is 0.0374 e. The van der Waals surface area contributed by atoms with Gasteiger partial charge in [-0.1, -0.05) is 64.8 Å². The van der Waals surface area contributed by atoms with E-state index in [1.54, 1.807) is 0 Å². The Bertz CT molecular complexity index is 437. The van der Waals surface area contributed by atoms with Crippen LogP contribution in [0, 0.1) is 5.41 Å². The number of nitrogens with one attached hydrogen (secondary N) is 1. The van der Waals surface area contributed by atoms with Gasteiger partial charge >= 0.3 is 0 Å². The van der Waals surface area contributed by atoms with Crippen molar-refractivity contribution in [1.29, 1.82) is 0 Å². The fourth-order valence-corrected chi connectivity index (χ4v) is 4.08. The van der Waals surface area contributed by atoms with Gasteiger partial charge < -0.3 is 5.32 Å². The Balaban J connectivity index is 2.27. The minimum Gasteiger partial charge on any atom is -0.313 e. The lowest BCUT2D eigenvalue weighted by atomic mass is 9.73. The van der Waals surface area contributed by atoms with E-state index in [9.17, 15) is 0 Å². The summed E-state index contributed by atoms with van der Waals surface area (Å²) in [6.07, 6.45) is 8.00. The molecular weight excluding hydrogens is 254 g/mol. The van der Waals surface area contributed by atoms with Gasteiger partial charge in [-0.2, -0.15) is 0 Å². The normalized spacial score (nSPS) is 19.7. The minimum atomic E-state index is 0.281. The lowest BCUT2D eigenvalue weighted by Crippen LogP contribution is -2.34. The van der Waals surface area contributed by atoms with E-state index in [0.717, 1.165) is 0 Å². The van der Waals surface area contributed by atoms with Crippen LogP contribution in [-0.4, -0.2) is 7.05 Å². The van der Waals surface area contributed by atoms with Crippen molar-refractivity contribution in [3.63, 3.8) is 0 Å². The van der Waals surface area contributed by atoms with Gasteiger partial charge in [-0.05, 0) is 54.7 Å². The number of benzene rings is 1. The Hall–Kier alpha value is -0.820. The van der Waals surface area contributed by atoms with Gasteiger partial charge in [-0.3, -0.25) is 0 Å². The van der Waals surface area contributed by atoms with Gasteiger partial charge in [-0.25, -0.2) is 0 Å². The van der Waals surface area contributed by atoms with Crippen LogP contribution in [0.2, 0.25) is 0 Å². The molecule has 1 atom stereocenters. The highest BCUT2D eigenvalue weighted by atomic mass is 14.9. The van der Waals surface area contributed by atoms with Crippen LogP contribution in [0.25, 0.3) is 0 Å². The average Bonchev–Trinajstić information content (AvgIpc) is 2.98. The molecule has 1 N–H and O–H groups in total. The van der Waals surface area contributed by atoms with E-state index in [4.69, 9.17) is 0 Å². The minimum absolute atomic E-state index is 0.281. The molecule has 0 bridgehead atoms. The Labute approximate surface area is 131 Å². The molecule has 118 valence electrons. The smallest absolute Gasteiger partial charge is 0.0374 e. The summed E-state index contributed by atoms with van der Waals surface area (Å²) in [6.45, 7) is 9.31. The molecule has 2 rings (SSSR count). The van der Waals surface area contributed by atoms with Crippen LogP contribution in [0.3, 0.4) is 0 Å². The largest absolute Gasteiger partial charge is 0.313 e. The Morgan fingerprint density at radius 1 is 1.10 bits per heavy atom. The second-order valence-electron chi connectivity index (χ2n) is 7.50. The third-order valence-electron chi connectivity index (χ3n) is 6.11. The van der Waals surface area contributed by atoms with E-state index in [-0.39, 0.29) is 5.41 Å². The van der Waals surface area contributed by atoms with Crippen LogP contribution in [0.15, 0.2) is 24.3 Å². The van der Waals surface area contributed by atoms with Crippen molar-refractivity contribution in [1.82, 2.24) is 5.32 Å². The molecule has 0 spiro atoms. The molecule has 0 aromatic heterocycles. The van der Waals surface area contributed by atoms with Crippen molar-refractivity contribution in [3.05, 3.63) is 35.4 Å². The second-order valence-corrected chi connectivity index (χ2v) is 7.50. The summed E-state index contributed by atoms with van der Waals surface area (Å²) in [5.41, 5.74) is 3.68. The molecule has 1 unspecified atom stereocenters. The topological polar surface area (TPSA) is 12.0 Å². The molecular formula is C20H33N. The predicted molar refractivity (Wildman–Crippen MR) is 92.8 cm³/mol. The van der Waals surface area contributed by atoms with Gasteiger partial charge in [0.25, 0.3) is 0 Å². The van der Waals surface area contributed by atoms with Gasteiger partial charge in [0, 0.05) is 6.04 Å². The van der Waals surface area contributed by atoms with Crippen LogP contribution >= 0.6 is 0 Å². The molecule has 1 aromatic carbocycles. The van der Waals surface area contributed by atoms with Gasteiger partial charge in [0.2, 0.25) is 0 Å². The summed E-state index contributed by atoms with van der Waals surface area (Å²) < 4.78 is 0. The highest BCUT2D eigenvalue weighted by Crippen LogP contribution is 2.50. The maximum atomic E-state index is 3.62. The van der Waals surface area contributed by atoms with Gasteiger partial charge in [0.15, 0.2) is 0 Å². The highest BCUT2D eigenvalue weighted by Gasteiger charge is 2.39. The van der Waals surface area contributed by atoms with Crippen molar-refractivity contribution >= 4 is 0 Å². The van der Waals surface area contributed by atoms with Gasteiger partial charge in [0.05, 0.1) is 0 Å². The predicted octanol–water partition coefficient (Wildman–Crippen LogP) is 5.61. The molecule has 0 radical (unpaired) electrons. The molecule has 0 amide bonds. The second kappa shape index (κ2) is 6.52. The maximum absolute atomic E-state index is 3.62. The number of hydrogen-bond acceptors (Lipinski definition) is 1. The zero-order chi connectivity index (χ0) is 15.5. The van der Waals surface area contributed by atoms with Crippen LogP contribution in [0.5, 0.6) is 0 Å². The molecule has 21 heavy (non-hydrogen) atoms. The van der Waals surface area contributed by atoms with Gasteiger partial charge in [0.1, 0.15) is 0 Å². The Morgan fingerprint density at radius 3 is 2.10 bits per heavy atom. The molecule has 1 aliphatic carbocycles. The lowest BCUT2D eigenvalue weighted by Gasteiger charge is -2.37. The van der Waals surface area contributed by atoms with Crippen LogP contribution < -0.4 is 5.32 Å². The number of rotatable bonds is 6. The first-order valence-corrected chi connectivity index (χ1v) is 8.77. The van der Waals surface area contributed by atoms with Crippen LogP contribution in [0.1, 0.15) is 83.4 Å². The fraction of sp³-hybridized carbons (Fsp3) is 0.700. The van der Waals surface area contributed by atoms with E-state index < -0.39 is 0 Å². The SMILES string of the molecule is CCC(C)(C)c1ccc(C(NC)C2(CC)CCCC2)cc1. The molecule has 0 heterocycles. The van der Waals surface area contributed by atoms with Crippen molar-refractivity contribution in [2.45, 2.75) is 77.7 Å². The monoisotopic (exact) mass is 287 g/mol. The van der Waals surface area contributed by atoms with Crippen LogP contribution in [-0.2, 0) is 5.41 Å². The average molecular weight is 287 g/mol. The zero-order valence-electron chi connectivity index (χ0n) is 14.6. The molecule has 1 aromatic rings. The molecule has 1 saturated carbocycles. The summed E-state index contributed by atoms with van der Waals surface area (Å²) in [5.74, 6) is 0. The highest BCUT2D eigenvalue weighted by molar-refractivity contribution is 5.31. The summed E-state index contributed by atoms with van der Waals surface area (Å²) >= 11 is 0. The third kappa shape index (κ3) is 3.18. The molecule has 1 heteroatoms. The van der Waals surface area contributed by atoms with Crippen molar-refractivity contribution < 1.29 is 0 Å². The molecule has 1 fully saturated rings. The Morgan fingerprint density at radius 2 is 1.67 bits per heavy atom.